The summed E-state index contributed by atoms with van der Waals surface area (Å²) in [5.74, 6) is 1.61. The van der Waals surface area contributed by atoms with Crippen molar-refractivity contribution in [1.82, 2.24) is 9.13 Å². The fourth-order valence-electron chi connectivity index (χ4n) is 9.30. The molecule has 0 aliphatic heterocycles. The van der Waals surface area contributed by atoms with Crippen molar-refractivity contribution in [2.75, 3.05) is 0 Å². The Balaban J connectivity index is 1.09. The highest BCUT2D eigenvalue weighted by molar-refractivity contribution is 9.11. The fraction of sp³-hybridized carbons (Fsp3) is 0.391. The molecule has 50 heavy (non-hydrogen) atoms. The third-order valence-corrected chi connectivity index (χ3v) is 13.2. The molecule has 0 fully saturated rings. The van der Waals surface area contributed by atoms with Crippen LogP contribution >= 0.6 is 31.9 Å². The molecule has 2 atom stereocenters. The highest BCUT2D eigenvalue weighted by atomic mass is 79.9. The lowest BCUT2D eigenvalue weighted by atomic mass is 9.83. The van der Waals surface area contributed by atoms with E-state index in [4.69, 9.17) is 0 Å². The quantitative estimate of drug-likeness (QED) is 0.116. The molecule has 0 saturated carbocycles. The maximum absolute atomic E-state index is 3.94. The molecule has 4 heteroatoms. The number of halogens is 2. The number of benzene rings is 4. The van der Waals surface area contributed by atoms with Crippen molar-refractivity contribution >= 4 is 53.7 Å². The molecule has 0 amide bonds. The lowest BCUT2D eigenvalue weighted by Gasteiger charge is -2.24. The van der Waals surface area contributed by atoms with E-state index in [1.54, 1.807) is 11.1 Å². The van der Waals surface area contributed by atoms with Crippen LogP contribution in [-0.2, 0) is 25.7 Å². The maximum Gasteiger partial charge on any atom is 0.0676 e. The van der Waals surface area contributed by atoms with Crippen LogP contribution in [0.4, 0.5) is 0 Å². The Morgan fingerprint density at radius 2 is 0.960 bits per heavy atom. The number of para-hydroxylation sites is 2. The number of fused-ring (bicyclic) bond motifs is 6. The van der Waals surface area contributed by atoms with Crippen molar-refractivity contribution < 1.29 is 0 Å². The molecule has 8 rings (SSSR count). The predicted octanol–water partition coefficient (Wildman–Crippen LogP) is 14.1. The molecule has 2 nitrogen and oxygen atoms in total. The molecule has 2 aliphatic carbocycles. The second-order valence-electron chi connectivity index (χ2n) is 15.1. The van der Waals surface area contributed by atoms with Crippen LogP contribution in [0, 0.1) is 11.8 Å². The van der Waals surface area contributed by atoms with Crippen molar-refractivity contribution in [3.05, 3.63) is 116 Å². The molecule has 0 saturated heterocycles. The summed E-state index contributed by atoms with van der Waals surface area (Å²) in [5.41, 5.74) is 13.9. The molecule has 2 aliphatic rings. The molecule has 2 unspecified atom stereocenters. The molecule has 0 spiro atoms. The Kier molecular flexibility index (Phi) is 10.1. The van der Waals surface area contributed by atoms with Gasteiger partial charge >= 0.3 is 0 Å². The van der Waals surface area contributed by atoms with E-state index in [1.807, 2.05) is 0 Å². The molecule has 0 N–H and O–H groups in total. The summed E-state index contributed by atoms with van der Waals surface area (Å²) in [6.07, 6.45) is 18.1. The SMILES string of the molecule is CCCCCC1CCc2c(c3cccc(Br)c3n2-c2ccc(-c3ccc(-n4c5c(c6cccc(Br)c64)CC(CCCCC)CC5)cc3)cc2)C1. The van der Waals surface area contributed by atoms with E-state index in [0.29, 0.717) is 0 Å². The molecular weight excluding hydrogens is 740 g/mol. The second-order valence-corrected chi connectivity index (χ2v) is 16.8. The predicted molar refractivity (Wildman–Crippen MR) is 220 cm³/mol. The van der Waals surface area contributed by atoms with Crippen molar-refractivity contribution in [1.29, 1.82) is 0 Å². The zero-order chi connectivity index (χ0) is 34.2. The molecule has 4 aromatic carbocycles. The van der Waals surface area contributed by atoms with E-state index >= 15 is 0 Å². The van der Waals surface area contributed by atoms with E-state index in [-0.39, 0.29) is 0 Å². The standard InChI is InChI=1S/C46H50Br2N2/c1-3-5-7-11-31-17-27-43-39(29-31)37-13-9-15-41(47)45(37)49(43)35-23-19-33(20-24-35)34-21-25-36(26-22-34)50-44-28-18-32(12-8-6-4-2)30-40(44)38-14-10-16-42(48)46(38)50/h9-10,13-16,19-26,31-32H,3-8,11-12,17-18,27-30H2,1-2H3. The lowest BCUT2D eigenvalue weighted by Crippen LogP contribution is -2.16. The molecule has 258 valence electrons. The second kappa shape index (κ2) is 14.9. The van der Waals surface area contributed by atoms with Crippen LogP contribution in [0.25, 0.3) is 44.3 Å². The Morgan fingerprint density at radius 1 is 0.540 bits per heavy atom. The summed E-state index contributed by atoms with van der Waals surface area (Å²) in [5, 5.41) is 2.85. The molecule has 2 heterocycles. The monoisotopic (exact) mass is 788 g/mol. The minimum absolute atomic E-state index is 0.807. The summed E-state index contributed by atoms with van der Waals surface area (Å²) < 4.78 is 7.47. The van der Waals surface area contributed by atoms with Crippen LogP contribution in [0.1, 0.15) is 101 Å². The van der Waals surface area contributed by atoms with E-state index < -0.39 is 0 Å². The Hall–Kier alpha value is -3.08. The Labute approximate surface area is 315 Å². The number of aromatic nitrogens is 2. The first-order valence-electron chi connectivity index (χ1n) is 19.4. The fourth-order valence-corrected chi connectivity index (χ4v) is 10.4. The minimum Gasteiger partial charge on any atom is -0.312 e. The van der Waals surface area contributed by atoms with Crippen molar-refractivity contribution in [2.45, 2.75) is 104 Å². The van der Waals surface area contributed by atoms with Crippen molar-refractivity contribution in [2.24, 2.45) is 11.8 Å². The summed E-state index contributed by atoms with van der Waals surface area (Å²) in [7, 11) is 0. The van der Waals surface area contributed by atoms with Crippen LogP contribution in [-0.4, -0.2) is 9.13 Å². The summed E-state index contributed by atoms with van der Waals surface area (Å²) in [4.78, 5) is 0. The highest BCUT2D eigenvalue weighted by Gasteiger charge is 2.28. The molecule has 6 aromatic rings. The van der Waals surface area contributed by atoms with E-state index in [1.165, 1.54) is 142 Å². The number of hydrogen-bond donors (Lipinski definition) is 0. The minimum atomic E-state index is 0.807. The Bertz CT molecular complexity index is 1960. The Morgan fingerprint density at radius 3 is 1.36 bits per heavy atom. The molecule has 0 radical (unpaired) electrons. The van der Waals surface area contributed by atoms with E-state index in [9.17, 15) is 0 Å². The molecule has 2 aromatic heterocycles. The van der Waals surface area contributed by atoms with Crippen LogP contribution in [0.15, 0.2) is 93.9 Å². The summed E-state index contributed by atoms with van der Waals surface area (Å²) in [6, 6.07) is 32.1. The summed E-state index contributed by atoms with van der Waals surface area (Å²) in [6.45, 7) is 4.62. The van der Waals surface area contributed by atoms with Gasteiger partial charge < -0.3 is 9.13 Å². The van der Waals surface area contributed by atoms with Gasteiger partial charge in [-0.2, -0.15) is 0 Å². The largest absolute Gasteiger partial charge is 0.312 e. The van der Waals surface area contributed by atoms with Crippen molar-refractivity contribution in [3.63, 3.8) is 0 Å². The first-order valence-corrected chi connectivity index (χ1v) is 21.0. The average molecular weight is 791 g/mol. The molecule has 0 bridgehead atoms. The van der Waals surface area contributed by atoms with Crippen LogP contribution in [0.2, 0.25) is 0 Å². The van der Waals surface area contributed by atoms with Gasteiger partial charge in [0.2, 0.25) is 0 Å². The summed E-state index contributed by atoms with van der Waals surface area (Å²) >= 11 is 7.89. The lowest BCUT2D eigenvalue weighted by molar-refractivity contribution is 0.406. The van der Waals surface area contributed by atoms with Gasteiger partial charge in [0.15, 0.2) is 0 Å². The zero-order valence-electron chi connectivity index (χ0n) is 29.8. The zero-order valence-corrected chi connectivity index (χ0v) is 33.0. The van der Waals surface area contributed by atoms with Gasteiger partial charge in [0.25, 0.3) is 0 Å². The van der Waals surface area contributed by atoms with Gasteiger partial charge in [-0.25, -0.2) is 0 Å². The van der Waals surface area contributed by atoms with Gasteiger partial charge in [0.05, 0.1) is 11.0 Å². The normalized spacial score (nSPS) is 17.4. The maximum atomic E-state index is 3.94. The van der Waals surface area contributed by atoms with Gasteiger partial charge in [0.1, 0.15) is 0 Å². The number of rotatable bonds is 11. The van der Waals surface area contributed by atoms with E-state index in [2.05, 4.69) is 140 Å². The van der Waals surface area contributed by atoms with Gasteiger partial charge in [0, 0.05) is 42.5 Å². The van der Waals surface area contributed by atoms with Crippen LogP contribution in [0.3, 0.4) is 0 Å². The van der Waals surface area contributed by atoms with Crippen LogP contribution in [0.5, 0.6) is 0 Å². The smallest absolute Gasteiger partial charge is 0.0676 e. The van der Waals surface area contributed by atoms with E-state index in [0.717, 1.165) is 24.7 Å². The first kappa shape index (κ1) is 34.0. The third-order valence-electron chi connectivity index (χ3n) is 11.9. The van der Waals surface area contributed by atoms with Crippen LogP contribution < -0.4 is 0 Å². The first-order chi connectivity index (χ1) is 24.6. The van der Waals surface area contributed by atoms with Crippen molar-refractivity contribution in [3.8, 4) is 22.5 Å². The number of unbranched alkanes of at least 4 members (excludes halogenated alkanes) is 4. The van der Waals surface area contributed by atoms with Gasteiger partial charge in [-0.1, -0.05) is 114 Å². The van der Waals surface area contributed by atoms with Gasteiger partial charge in [-0.15, -0.1) is 0 Å². The van der Waals surface area contributed by atoms with Gasteiger partial charge in [-0.3, -0.25) is 0 Å². The average Bonchev–Trinajstić information content (AvgIpc) is 3.66. The number of hydrogen-bond acceptors (Lipinski definition) is 0. The third kappa shape index (κ3) is 6.34. The highest BCUT2D eigenvalue weighted by Crippen LogP contribution is 2.42. The number of nitrogens with zero attached hydrogens (tertiary/aromatic N) is 2. The van der Waals surface area contributed by atoms with Gasteiger partial charge in [-0.05, 0) is 141 Å². The topological polar surface area (TPSA) is 9.86 Å². The molecular formula is C46H50Br2N2.